The first-order chi connectivity index (χ1) is 11.3. The van der Waals surface area contributed by atoms with Crippen molar-refractivity contribution < 1.29 is 14.2 Å². The second-order valence-corrected chi connectivity index (χ2v) is 7.53. The van der Waals surface area contributed by atoms with Gasteiger partial charge in [0.15, 0.2) is 11.5 Å². The Bertz CT molecular complexity index is 563. The first kappa shape index (κ1) is 15.7. The Morgan fingerprint density at radius 3 is 2.65 bits per heavy atom. The molecule has 2 aliphatic heterocycles. The quantitative estimate of drug-likeness (QED) is 0.780. The maximum atomic E-state index is 5.99. The highest BCUT2D eigenvalue weighted by Crippen LogP contribution is 2.37. The molecular formula is C18H24BrNO3. The molecule has 3 aliphatic rings. The highest BCUT2D eigenvalue weighted by Gasteiger charge is 2.34. The standard InChI is InChI=1S/C18H24BrNO3/c19-14-11-18-17(21-7-3-8-22-18)10-13(14)12-20-6-9-23-16-5-2-1-4-15(16)20/h10-11,15-16H,1-9,12H2/t15-,16-/m0/s1. The Labute approximate surface area is 146 Å². The molecule has 0 spiro atoms. The van der Waals surface area contributed by atoms with Crippen LogP contribution in [0.4, 0.5) is 0 Å². The van der Waals surface area contributed by atoms with Crippen LogP contribution in [-0.2, 0) is 11.3 Å². The summed E-state index contributed by atoms with van der Waals surface area (Å²) in [4.78, 5) is 2.59. The summed E-state index contributed by atoms with van der Waals surface area (Å²) in [6.45, 7) is 4.27. The molecule has 0 aromatic heterocycles. The average molecular weight is 382 g/mol. The van der Waals surface area contributed by atoms with Crippen LogP contribution in [0.1, 0.15) is 37.7 Å². The van der Waals surface area contributed by atoms with Crippen molar-refractivity contribution >= 4 is 15.9 Å². The number of benzene rings is 1. The fourth-order valence-electron chi connectivity index (χ4n) is 3.94. The molecule has 1 saturated carbocycles. The zero-order valence-corrected chi connectivity index (χ0v) is 15.0. The number of hydrogen-bond donors (Lipinski definition) is 0. The lowest BCUT2D eigenvalue weighted by Gasteiger charge is -2.44. The van der Waals surface area contributed by atoms with E-state index < -0.39 is 0 Å². The Hall–Kier alpha value is -0.780. The molecule has 2 fully saturated rings. The predicted octanol–water partition coefficient (Wildman–Crippen LogP) is 3.75. The maximum absolute atomic E-state index is 5.99. The van der Waals surface area contributed by atoms with Crippen molar-refractivity contribution in [2.45, 2.75) is 50.8 Å². The molecule has 4 nitrogen and oxygen atoms in total. The summed E-state index contributed by atoms with van der Waals surface area (Å²) in [5.41, 5.74) is 1.28. The van der Waals surface area contributed by atoms with Crippen molar-refractivity contribution in [2.75, 3.05) is 26.4 Å². The number of rotatable bonds is 2. The van der Waals surface area contributed by atoms with Gasteiger partial charge < -0.3 is 14.2 Å². The average Bonchev–Trinajstić information content (AvgIpc) is 2.80. The van der Waals surface area contributed by atoms with Gasteiger partial charge >= 0.3 is 0 Å². The second-order valence-electron chi connectivity index (χ2n) is 6.67. The summed E-state index contributed by atoms with van der Waals surface area (Å²) in [5.74, 6) is 1.74. The summed E-state index contributed by atoms with van der Waals surface area (Å²) >= 11 is 3.72. The lowest BCUT2D eigenvalue weighted by molar-refractivity contribution is -0.0911. The fraction of sp³-hybridized carbons (Fsp3) is 0.667. The molecule has 126 valence electrons. The van der Waals surface area contributed by atoms with Crippen molar-refractivity contribution in [1.29, 1.82) is 0 Å². The molecule has 1 aliphatic carbocycles. The van der Waals surface area contributed by atoms with Crippen LogP contribution in [0.15, 0.2) is 16.6 Å². The monoisotopic (exact) mass is 381 g/mol. The topological polar surface area (TPSA) is 30.9 Å². The molecule has 0 bridgehead atoms. The van der Waals surface area contributed by atoms with Crippen LogP contribution in [0.2, 0.25) is 0 Å². The fourth-order valence-corrected chi connectivity index (χ4v) is 4.39. The minimum Gasteiger partial charge on any atom is -0.490 e. The normalized spacial score (nSPS) is 28.0. The maximum Gasteiger partial charge on any atom is 0.162 e. The van der Waals surface area contributed by atoms with E-state index in [1.54, 1.807) is 0 Å². The van der Waals surface area contributed by atoms with E-state index >= 15 is 0 Å². The molecule has 1 saturated heterocycles. The highest BCUT2D eigenvalue weighted by atomic mass is 79.9. The number of nitrogens with zero attached hydrogens (tertiary/aromatic N) is 1. The molecule has 0 radical (unpaired) electrons. The van der Waals surface area contributed by atoms with Crippen molar-refractivity contribution in [1.82, 2.24) is 4.90 Å². The van der Waals surface area contributed by atoms with E-state index in [2.05, 4.69) is 33.0 Å². The molecule has 1 aromatic carbocycles. The third-order valence-electron chi connectivity index (χ3n) is 5.14. The van der Waals surface area contributed by atoms with Crippen LogP contribution in [0.25, 0.3) is 0 Å². The van der Waals surface area contributed by atoms with Crippen LogP contribution in [-0.4, -0.2) is 43.4 Å². The molecule has 1 aromatic rings. The molecule has 4 rings (SSSR count). The molecule has 23 heavy (non-hydrogen) atoms. The minimum absolute atomic E-state index is 0.427. The van der Waals surface area contributed by atoms with Crippen molar-refractivity contribution in [3.63, 3.8) is 0 Å². The third-order valence-corrected chi connectivity index (χ3v) is 5.88. The molecule has 0 unspecified atom stereocenters. The molecule has 5 heteroatoms. The van der Waals surface area contributed by atoms with E-state index in [-0.39, 0.29) is 0 Å². The number of halogens is 1. The minimum atomic E-state index is 0.427. The van der Waals surface area contributed by atoms with Gasteiger partial charge in [0.05, 0.1) is 25.9 Å². The van der Waals surface area contributed by atoms with Crippen LogP contribution in [0.5, 0.6) is 11.5 Å². The smallest absolute Gasteiger partial charge is 0.162 e. The first-order valence-electron chi connectivity index (χ1n) is 8.75. The van der Waals surface area contributed by atoms with E-state index in [1.165, 1.54) is 31.2 Å². The first-order valence-corrected chi connectivity index (χ1v) is 9.54. The zero-order valence-electron chi connectivity index (χ0n) is 13.4. The van der Waals surface area contributed by atoms with Gasteiger partial charge in [-0.25, -0.2) is 0 Å². The van der Waals surface area contributed by atoms with Gasteiger partial charge in [-0.1, -0.05) is 28.8 Å². The van der Waals surface area contributed by atoms with E-state index in [1.807, 2.05) is 0 Å². The summed E-state index contributed by atoms with van der Waals surface area (Å²) in [7, 11) is 0. The summed E-state index contributed by atoms with van der Waals surface area (Å²) < 4.78 is 18.7. The highest BCUT2D eigenvalue weighted by molar-refractivity contribution is 9.10. The van der Waals surface area contributed by atoms with Gasteiger partial charge in [0.1, 0.15) is 0 Å². The van der Waals surface area contributed by atoms with Gasteiger partial charge in [-0.2, -0.15) is 0 Å². The van der Waals surface area contributed by atoms with Gasteiger partial charge in [0, 0.05) is 30.0 Å². The Kier molecular flexibility index (Phi) is 4.78. The number of fused-ring (bicyclic) bond motifs is 2. The van der Waals surface area contributed by atoms with Crippen LogP contribution in [0, 0.1) is 0 Å². The summed E-state index contributed by atoms with van der Waals surface area (Å²) in [5, 5.41) is 0. The van der Waals surface area contributed by atoms with Crippen LogP contribution in [0.3, 0.4) is 0 Å². The second kappa shape index (κ2) is 6.99. The van der Waals surface area contributed by atoms with Crippen LogP contribution >= 0.6 is 15.9 Å². The van der Waals surface area contributed by atoms with Crippen molar-refractivity contribution in [3.8, 4) is 11.5 Å². The van der Waals surface area contributed by atoms with Gasteiger partial charge in [-0.3, -0.25) is 4.90 Å². The van der Waals surface area contributed by atoms with Gasteiger partial charge in [-0.15, -0.1) is 0 Å². The van der Waals surface area contributed by atoms with E-state index in [0.717, 1.165) is 55.3 Å². The zero-order chi connectivity index (χ0) is 15.6. The molecule has 2 heterocycles. The number of morpholine rings is 1. The predicted molar refractivity (Wildman–Crippen MR) is 92.2 cm³/mol. The van der Waals surface area contributed by atoms with E-state index in [0.29, 0.717) is 12.1 Å². The Morgan fingerprint density at radius 1 is 1.00 bits per heavy atom. The van der Waals surface area contributed by atoms with Gasteiger partial charge in [0.2, 0.25) is 0 Å². The lowest BCUT2D eigenvalue weighted by Crippen LogP contribution is -2.52. The van der Waals surface area contributed by atoms with Crippen molar-refractivity contribution in [2.24, 2.45) is 0 Å². The Balaban J connectivity index is 1.54. The summed E-state index contributed by atoms with van der Waals surface area (Å²) in [6.07, 6.45) is 6.47. The summed E-state index contributed by atoms with van der Waals surface area (Å²) in [6, 6.07) is 4.78. The van der Waals surface area contributed by atoms with Gasteiger partial charge in [0.25, 0.3) is 0 Å². The number of ether oxygens (including phenoxy) is 3. The number of hydrogen-bond acceptors (Lipinski definition) is 4. The van der Waals surface area contributed by atoms with Crippen molar-refractivity contribution in [3.05, 3.63) is 22.2 Å². The largest absolute Gasteiger partial charge is 0.490 e. The molecule has 0 N–H and O–H groups in total. The van der Waals surface area contributed by atoms with Gasteiger partial charge in [-0.05, 0) is 30.5 Å². The van der Waals surface area contributed by atoms with E-state index in [9.17, 15) is 0 Å². The molecule has 2 atom stereocenters. The Morgan fingerprint density at radius 2 is 1.78 bits per heavy atom. The lowest BCUT2D eigenvalue weighted by atomic mass is 9.90. The third kappa shape index (κ3) is 3.37. The molecular weight excluding hydrogens is 358 g/mol. The SMILES string of the molecule is Brc1cc2c(cc1CN1CCO[C@H]3CCCC[C@@H]31)OCCCO2. The van der Waals surface area contributed by atoms with E-state index in [4.69, 9.17) is 14.2 Å². The van der Waals surface area contributed by atoms with Crippen LogP contribution < -0.4 is 9.47 Å². The molecule has 0 amide bonds.